The average molecular weight is 501 g/mol. The molecule has 0 bridgehead atoms. The highest BCUT2D eigenvalue weighted by atomic mass is 35.5. The molecule has 1 aliphatic heterocycles. The van der Waals surface area contributed by atoms with Crippen molar-refractivity contribution in [2.24, 2.45) is 5.73 Å². The molecule has 32 heavy (non-hydrogen) atoms. The highest BCUT2D eigenvalue weighted by Crippen LogP contribution is 2.39. The van der Waals surface area contributed by atoms with Crippen LogP contribution in [0, 0.1) is 0 Å². The second-order valence-electron chi connectivity index (χ2n) is 8.43. The standard InChI is InChI=1S/C22H29ClN4O3S.ClH/c1-22(2,3)30-21(29)26-16-6-8-27(12-16)17-9-15(11-24)19(18(23)10-17)31-20-14(13-28)5-4-7-25-20;/h4-5,7,9-10,16,28H,6,8,11-13,24H2,1-3H3,(H,26,29);1H. The van der Waals surface area contributed by atoms with Gasteiger partial charge in [-0.2, -0.15) is 0 Å². The van der Waals surface area contributed by atoms with Crippen molar-refractivity contribution in [3.05, 3.63) is 46.6 Å². The summed E-state index contributed by atoms with van der Waals surface area (Å²) in [7, 11) is 0. The van der Waals surface area contributed by atoms with E-state index in [2.05, 4.69) is 15.2 Å². The summed E-state index contributed by atoms with van der Waals surface area (Å²) in [4.78, 5) is 19.5. The number of nitrogens with one attached hydrogen (secondary N) is 1. The monoisotopic (exact) mass is 500 g/mol. The second-order valence-corrected chi connectivity index (χ2v) is 9.83. The van der Waals surface area contributed by atoms with Gasteiger partial charge in [0.25, 0.3) is 0 Å². The van der Waals surface area contributed by atoms with Crippen LogP contribution >= 0.6 is 35.8 Å². The highest BCUT2D eigenvalue weighted by Gasteiger charge is 2.27. The van der Waals surface area contributed by atoms with Crippen LogP contribution in [-0.4, -0.2) is 40.9 Å². The van der Waals surface area contributed by atoms with Crippen LogP contribution in [0.15, 0.2) is 40.4 Å². The minimum Gasteiger partial charge on any atom is -0.444 e. The van der Waals surface area contributed by atoms with E-state index in [0.717, 1.165) is 34.7 Å². The zero-order chi connectivity index (χ0) is 22.6. The maximum Gasteiger partial charge on any atom is 0.407 e. The molecule has 2 aromatic rings. The molecule has 7 nitrogen and oxygen atoms in total. The highest BCUT2D eigenvalue weighted by molar-refractivity contribution is 7.99. The number of aliphatic hydroxyl groups is 1. The fraction of sp³-hybridized carbons (Fsp3) is 0.455. The molecule has 0 spiro atoms. The van der Waals surface area contributed by atoms with E-state index in [1.165, 1.54) is 11.8 Å². The van der Waals surface area contributed by atoms with Crippen molar-refractivity contribution in [1.82, 2.24) is 10.3 Å². The maximum absolute atomic E-state index is 12.1. The molecular weight excluding hydrogens is 471 g/mol. The summed E-state index contributed by atoms with van der Waals surface area (Å²) in [6, 6.07) is 7.58. The lowest BCUT2D eigenvalue weighted by atomic mass is 10.2. The van der Waals surface area contributed by atoms with E-state index in [-0.39, 0.29) is 25.1 Å². The molecule has 1 aromatic heterocycles. The quantitative estimate of drug-likeness (QED) is 0.541. The van der Waals surface area contributed by atoms with Crippen molar-refractivity contribution < 1.29 is 14.6 Å². The molecule has 1 saturated heterocycles. The summed E-state index contributed by atoms with van der Waals surface area (Å²) in [6.07, 6.45) is 2.11. The van der Waals surface area contributed by atoms with Gasteiger partial charge in [-0.15, -0.1) is 12.4 Å². The van der Waals surface area contributed by atoms with E-state index < -0.39 is 11.7 Å². The first-order valence-corrected chi connectivity index (χ1v) is 11.4. The Morgan fingerprint density at radius 2 is 2.16 bits per heavy atom. The third kappa shape index (κ3) is 6.89. The van der Waals surface area contributed by atoms with Crippen LogP contribution in [-0.2, 0) is 17.9 Å². The number of aliphatic hydroxyl groups excluding tert-OH is 1. The molecule has 4 N–H and O–H groups in total. The largest absolute Gasteiger partial charge is 0.444 e. The number of alkyl carbamates (subject to hydrolysis) is 1. The first-order valence-electron chi connectivity index (χ1n) is 10.2. The number of halogens is 2. The predicted molar refractivity (Wildman–Crippen MR) is 131 cm³/mol. The molecule has 0 radical (unpaired) electrons. The van der Waals surface area contributed by atoms with E-state index >= 15 is 0 Å². The summed E-state index contributed by atoms with van der Waals surface area (Å²) < 4.78 is 5.35. The zero-order valence-corrected chi connectivity index (χ0v) is 20.8. The smallest absolute Gasteiger partial charge is 0.407 e. The summed E-state index contributed by atoms with van der Waals surface area (Å²) >= 11 is 8.05. The van der Waals surface area contributed by atoms with Gasteiger partial charge in [-0.05, 0) is 51.0 Å². The van der Waals surface area contributed by atoms with Crippen molar-refractivity contribution in [2.45, 2.75) is 61.9 Å². The molecule has 1 amide bonds. The first-order chi connectivity index (χ1) is 14.7. The van der Waals surface area contributed by atoms with Gasteiger partial charge in [-0.1, -0.05) is 29.4 Å². The van der Waals surface area contributed by atoms with Crippen LogP contribution in [0.5, 0.6) is 0 Å². The molecule has 1 atom stereocenters. The molecule has 0 aliphatic carbocycles. The molecule has 1 aromatic carbocycles. The Bertz CT molecular complexity index is 940. The minimum absolute atomic E-state index is 0. The fourth-order valence-corrected chi connectivity index (χ4v) is 4.75. The zero-order valence-electron chi connectivity index (χ0n) is 18.4. The Labute approximate surface area is 204 Å². The number of anilines is 1. The van der Waals surface area contributed by atoms with Gasteiger partial charge in [-0.25, -0.2) is 9.78 Å². The Kier molecular flexibility index (Phi) is 9.48. The second kappa shape index (κ2) is 11.4. The molecular formula is C22H30Cl2N4O3S. The predicted octanol–water partition coefficient (Wildman–Crippen LogP) is 4.36. The summed E-state index contributed by atoms with van der Waals surface area (Å²) in [5.41, 5.74) is 8.12. The SMILES string of the molecule is CC(C)(C)OC(=O)NC1CCN(c2cc(Cl)c(Sc3ncccc3CO)c(CN)c2)C1.Cl. The van der Waals surface area contributed by atoms with Gasteiger partial charge in [0.05, 0.1) is 17.7 Å². The Hall–Kier alpha value is -1.71. The van der Waals surface area contributed by atoms with E-state index in [4.69, 9.17) is 22.1 Å². The van der Waals surface area contributed by atoms with Crippen LogP contribution in [0.3, 0.4) is 0 Å². The molecule has 3 rings (SSSR count). The number of benzene rings is 1. The molecule has 2 heterocycles. The summed E-state index contributed by atoms with van der Waals surface area (Å²) in [5, 5.41) is 13.8. The minimum atomic E-state index is -0.525. The lowest BCUT2D eigenvalue weighted by molar-refractivity contribution is 0.0509. The van der Waals surface area contributed by atoms with Gasteiger partial charge in [0.1, 0.15) is 10.6 Å². The molecule has 1 aliphatic rings. The van der Waals surface area contributed by atoms with Gasteiger partial charge in [0.15, 0.2) is 0 Å². The van der Waals surface area contributed by atoms with Gasteiger partial charge < -0.3 is 25.8 Å². The number of carbonyl (C=O) groups is 1. The number of pyridine rings is 1. The number of rotatable bonds is 6. The molecule has 10 heteroatoms. The third-order valence-electron chi connectivity index (χ3n) is 4.82. The topological polar surface area (TPSA) is 101 Å². The Morgan fingerprint density at radius 3 is 2.81 bits per heavy atom. The number of amides is 1. The van der Waals surface area contributed by atoms with Crippen molar-refractivity contribution in [1.29, 1.82) is 0 Å². The van der Waals surface area contributed by atoms with Crippen molar-refractivity contribution >= 4 is 47.6 Å². The van der Waals surface area contributed by atoms with Gasteiger partial charge in [-0.3, -0.25) is 0 Å². The van der Waals surface area contributed by atoms with E-state index in [0.29, 0.717) is 23.1 Å². The van der Waals surface area contributed by atoms with E-state index in [1.54, 1.807) is 12.3 Å². The Morgan fingerprint density at radius 1 is 1.41 bits per heavy atom. The van der Waals surface area contributed by atoms with Gasteiger partial charge in [0.2, 0.25) is 0 Å². The van der Waals surface area contributed by atoms with E-state index in [1.807, 2.05) is 39.0 Å². The lowest BCUT2D eigenvalue weighted by Crippen LogP contribution is -2.40. The number of aromatic nitrogens is 1. The van der Waals surface area contributed by atoms with Crippen LogP contribution in [0.25, 0.3) is 0 Å². The van der Waals surface area contributed by atoms with Gasteiger partial charge in [0, 0.05) is 42.0 Å². The van der Waals surface area contributed by atoms with Crippen molar-refractivity contribution in [3.63, 3.8) is 0 Å². The number of carbonyl (C=O) groups excluding carboxylic acids is 1. The average Bonchev–Trinajstić information content (AvgIpc) is 3.16. The summed E-state index contributed by atoms with van der Waals surface area (Å²) in [6.45, 7) is 7.23. The van der Waals surface area contributed by atoms with Gasteiger partial charge >= 0.3 is 6.09 Å². The molecule has 0 saturated carbocycles. The number of nitrogens with two attached hydrogens (primary N) is 1. The third-order valence-corrected chi connectivity index (χ3v) is 6.48. The van der Waals surface area contributed by atoms with Crippen molar-refractivity contribution in [2.75, 3.05) is 18.0 Å². The van der Waals surface area contributed by atoms with Crippen LogP contribution in [0.4, 0.5) is 10.5 Å². The normalized spacial score (nSPS) is 15.9. The number of nitrogens with zero attached hydrogens (tertiary/aromatic N) is 2. The number of hydrogen-bond acceptors (Lipinski definition) is 7. The van der Waals surface area contributed by atoms with E-state index in [9.17, 15) is 9.90 Å². The maximum atomic E-state index is 12.1. The van der Waals surface area contributed by atoms with Crippen LogP contribution < -0.4 is 16.0 Å². The van der Waals surface area contributed by atoms with Crippen molar-refractivity contribution in [3.8, 4) is 0 Å². The summed E-state index contributed by atoms with van der Waals surface area (Å²) in [5.74, 6) is 0. The first kappa shape index (κ1) is 26.5. The number of hydrogen-bond donors (Lipinski definition) is 3. The van der Waals surface area contributed by atoms with Crippen LogP contribution in [0.2, 0.25) is 5.02 Å². The molecule has 176 valence electrons. The Balaban J connectivity index is 0.00000363. The number of ether oxygens (including phenoxy) is 1. The lowest BCUT2D eigenvalue weighted by Gasteiger charge is -2.23. The fourth-order valence-electron chi connectivity index (χ4n) is 3.40. The molecule has 1 unspecified atom stereocenters. The molecule has 1 fully saturated rings. The van der Waals surface area contributed by atoms with Crippen LogP contribution in [0.1, 0.15) is 38.3 Å².